The maximum absolute atomic E-state index is 12.3. The number of nitrogens with one attached hydrogen (secondary N) is 2. The molecule has 26 heavy (non-hydrogen) atoms. The van der Waals surface area contributed by atoms with Crippen molar-refractivity contribution in [3.05, 3.63) is 52.7 Å². The molecule has 7 nitrogen and oxygen atoms in total. The van der Waals surface area contributed by atoms with Gasteiger partial charge in [-0.3, -0.25) is 4.79 Å². The Hall–Kier alpha value is -3.09. The second-order valence-corrected chi connectivity index (χ2v) is 6.14. The molecule has 1 aliphatic rings. The first-order valence-corrected chi connectivity index (χ1v) is 8.49. The molecule has 1 aliphatic heterocycles. The summed E-state index contributed by atoms with van der Waals surface area (Å²) in [5, 5.41) is 5.54. The summed E-state index contributed by atoms with van der Waals surface area (Å²) in [7, 11) is 1.53. The zero-order valence-corrected chi connectivity index (χ0v) is 15.1. The van der Waals surface area contributed by atoms with E-state index >= 15 is 0 Å². The predicted octanol–water partition coefficient (Wildman–Crippen LogP) is 2.70. The molecule has 2 aromatic rings. The van der Waals surface area contributed by atoms with Gasteiger partial charge in [0.15, 0.2) is 0 Å². The molecule has 0 unspecified atom stereocenters. The SMILES string of the molecule is CCN1Cc2nc(OC)c(CNC(=O)Nc3ccc(C)cc3)cc2C1=O. The van der Waals surface area contributed by atoms with E-state index in [0.29, 0.717) is 41.5 Å². The van der Waals surface area contributed by atoms with Crippen LogP contribution in [0, 0.1) is 6.92 Å². The van der Waals surface area contributed by atoms with Gasteiger partial charge < -0.3 is 20.3 Å². The first-order chi connectivity index (χ1) is 12.5. The Kier molecular flexibility index (Phi) is 5.06. The van der Waals surface area contributed by atoms with Gasteiger partial charge in [-0.2, -0.15) is 0 Å². The number of nitrogens with zero attached hydrogens (tertiary/aromatic N) is 2. The molecule has 3 rings (SSSR count). The summed E-state index contributed by atoms with van der Waals surface area (Å²) in [6.45, 7) is 5.24. The van der Waals surface area contributed by atoms with Gasteiger partial charge in [0.25, 0.3) is 5.91 Å². The number of amides is 3. The number of anilines is 1. The van der Waals surface area contributed by atoms with E-state index in [4.69, 9.17) is 4.74 Å². The third-order valence-corrected chi connectivity index (χ3v) is 4.32. The van der Waals surface area contributed by atoms with Crippen molar-refractivity contribution in [2.45, 2.75) is 26.9 Å². The van der Waals surface area contributed by atoms with Gasteiger partial charge in [-0.15, -0.1) is 0 Å². The molecule has 1 aromatic carbocycles. The summed E-state index contributed by atoms with van der Waals surface area (Å²) < 4.78 is 5.33. The number of benzene rings is 1. The number of carbonyl (C=O) groups is 2. The van der Waals surface area contributed by atoms with Crippen LogP contribution >= 0.6 is 0 Å². The highest BCUT2D eigenvalue weighted by molar-refractivity contribution is 5.98. The van der Waals surface area contributed by atoms with Gasteiger partial charge in [-0.1, -0.05) is 17.7 Å². The Labute approximate surface area is 152 Å². The first-order valence-electron chi connectivity index (χ1n) is 8.49. The molecule has 0 spiro atoms. The lowest BCUT2D eigenvalue weighted by Crippen LogP contribution is -2.28. The van der Waals surface area contributed by atoms with Gasteiger partial charge in [0.1, 0.15) is 0 Å². The maximum atomic E-state index is 12.3. The third kappa shape index (κ3) is 3.61. The average molecular weight is 354 g/mol. The van der Waals surface area contributed by atoms with E-state index in [2.05, 4.69) is 15.6 Å². The number of ether oxygens (including phenoxy) is 1. The lowest BCUT2D eigenvalue weighted by molar-refractivity contribution is 0.0786. The first kappa shape index (κ1) is 17.7. The second kappa shape index (κ2) is 7.43. The minimum atomic E-state index is -0.335. The fraction of sp³-hybridized carbons (Fsp3) is 0.316. The smallest absolute Gasteiger partial charge is 0.319 e. The molecule has 3 amide bonds. The van der Waals surface area contributed by atoms with E-state index in [9.17, 15) is 9.59 Å². The van der Waals surface area contributed by atoms with Gasteiger partial charge in [0.05, 0.1) is 24.9 Å². The summed E-state index contributed by atoms with van der Waals surface area (Å²) in [6, 6.07) is 8.95. The Morgan fingerprint density at radius 3 is 2.69 bits per heavy atom. The number of carbonyl (C=O) groups excluding carboxylic acids is 2. The molecular formula is C19H22N4O3. The summed E-state index contributed by atoms with van der Waals surface area (Å²) in [6.07, 6.45) is 0. The molecule has 1 aromatic heterocycles. The van der Waals surface area contributed by atoms with Crippen molar-refractivity contribution in [1.29, 1.82) is 0 Å². The summed E-state index contributed by atoms with van der Waals surface area (Å²) >= 11 is 0. The largest absolute Gasteiger partial charge is 0.481 e. The van der Waals surface area contributed by atoms with Crippen LogP contribution < -0.4 is 15.4 Å². The molecule has 0 bridgehead atoms. The highest BCUT2D eigenvalue weighted by Crippen LogP contribution is 2.26. The van der Waals surface area contributed by atoms with E-state index in [1.54, 1.807) is 11.0 Å². The van der Waals surface area contributed by atoms with Crippen LogP contribution in [0.2, 0.25) is 0 Å². The second-order valence-electron chi connectivity index (χ2n) is 6.14. The lowest BCUT2D eigenvalue weighted by atomic mass is 10.1. The molecule has 2 N–H and O–H groups in total. The molecule has 136 valence electrons. The number of hydrogen-bond acceptors (Lipinski definition) is 4. The highest BCUT2D eigenvalue weighted by Gasteiger charge is 2.29. The van der Waals surface area contributed by atoms with E-state index in [1.165, 1.54) is 7.11 Å². The fourth-order valence-electron chi connectivity index (χ4n) is 2.85. The summed E-state index contributed by atoms with van der Waals surface area (Å²) in [4.78, 5) is 30.6. The quantitative estimate of drug-likeness (QED) is 0.865. The van der Waals surface area contributed by atoms with Crippen LogP contribution in [0.3, 0.4) is 0 Å². The van der Waals surface area contributed by atoms with Crippen molar-refractivity contribution in [3.63, 3.8) is 0 Å². The van der Waals surface area contributed by atoms with Crippen LogP contribution in [0.1, 0.15) is 34.1 Å². The highest BCUT2D eigenvalue weighted by atomic mass is 16.5. The van der Waals surface area contributed by atoms with Gasteiger partial charge in [-0.05, 0) is 32.0 Å². The normalized spacial score (nSPS) is 12.7. The number of fused-ring (bicyclic) bond motifs is 1. The number of methoxy groups -OCH3 is 1. The molecule has 0 fully saturated rings. The van der Waals surface area contributed by atoms with Gasteiger partial charge in [-0.25, -0.2) is 9.78 Å². The van der Waals surface area contributed by atoms with Crippen molar-refractivity contribution in [2.24, 2.45) is 0 Å². The summed E-state index contributed by atoms with van der Waals surface area (Å²) in [5.74, 6) is 0.383. The van der Waals surface area contributed by atoms with Crippen molar-refractivity contribution in [1.82, 2.24) is 15.2 Å². The minimum Gasteiger partial charge on any atom is -0.481 e. The van der Waals surface area contributed by atoms with Gasteiger partial charge in [0, 0.05) is 24.3 Å². The van der Waals surface area contributed by atoms with Gasteiger partial charge >= 0.3 is 6.03 Å². The Morgan fingerprint density at radius 1 is 1.31 bits per heavy atom. The van der Waals surface area contributed by atoms with Crippen LogP contribution in [0.15, 0.2) is 30.3 Å². The molecule has 0 aliphatic carbocycles. The number of aryl methyl sites for hydroxylation is 1. The van der Waals surface area contributed by atoms with E-state index < -0.39 is 0 Å². The third-order valence-electron chi connectivity index (χ3n) is 4.32. The van der Waals surface area contributed by atoms with Crippen LogP contribution in [0.25, 0.3) is 0 Å². The predicted molar refractivity (Wildman–Crippen MR) is 98.2 cm³/mol. The van der Waals surface area contributed by atoms with Crippen molar-refractivity contribution in [3.8, 4) is 5.88 Å². The summed E-state index contributed by atoms with van der Waals surface area (Å²) in [5.41, 5.74) is 3.78. The number of hydrogen-bond donors (Lipinski definition) is 2. The van der Waals surface area contributed by atoms with E-state index in [-0.39, 0.29) is 18.5 Å². The maximum Gasteiger partial charge on any atom is 0.319 e. The standard InChI is InChI=1S/C19H22N4O3/c1-4-23-11-16-15(18(23)24)9-13(17(22-16)26-3)10-20-19(25)21-14-7-5-12(2)6-8-14/h5-9H,4,10-11H2,1-3H3,(H2,20,21,25). The Balaban J connectivity index is 1.70. The topological polar surface area (TPSA) is 83.6 Å². The van der Waals surface area contributed by atoms with Crippen LogP contribution in [-0.2, 0) is 13.1 Å². The Bertz CT molecular complexity index is 833. The monoisotopic (exact) mass is 354 g/mol. The zero-order chi connectivity index (χ0) is 18.7. The lowest BCUT2D eigenvalue weighted by Gasteiger charge is -2.11. The van der Waals surface area contributed by atoms with Crippen molar-refractivity contribution in [2.75, 3.05) is 19.0 Å². The average Bonchev–Trinajstić information content (AvgIpc) is 2.96. The molecule has 0 saturated heterocycles. The number of pyridine rings is 1. The molecule has 0 saturated carbocycles. The van der Waals surface area contributed by atoms with Gasteiger partial charge in [0.2, 0.25) is 5.88 Å². The molecule has 0 radical (unpaired) electrons. The number of urea groups is 1. The van der Waals surface area contributed by atoms with Crippen molar-refractivity contribution >= 4 is 17.6 Å². The fourth-order valence-corrected chi connectivity index (χ4v) is 2.85. The van der Waals surface area contributed by atoms with Crippen molar-refractivity contribution < 1.29 is 14.3 Å². The van der Waals surface area contributed by atoms with Crippen LogP contribution in [0.4, 0.5) is 10.5 Å². The number of rotatable bonds is 5. The van der Waals surface area contributed by atoms with Crippen LogP contribution in [-0.4, -0.2) is 35.5 Å². The van der Waals surface area contributed by atoms with Crippen LogP contribution in [0.5, 0.6) is 5.88 Å². The number of aromatic nitrogens is 1. The van der Waals surface area contributed by atoms with E-state index in [0.717, 1.165) is 5.56 Å². The van der Waals surface area contributed by atoms with E-state index in [1.807, 2.05) is 38.1 Å². The molecular weight excluding hydrogens is 332 g/mol. The molecule has 2 heterocycles. The zero-order valence-electron chi connectivity index (χ0n) is 15.1. The Morgan fingerprint density at radius 2 is 2.04 bits per heavy atom. The molecule has 0 atom stereocenters. The molecule has 7 heteroatoms. The minimum absolute atomic E-state index is 0.0389.